The van der Waals surface area contributed by atoms with E-state index in [1.807, 2.05) is 30.3 Å². The molecule has 0 radical (unpaired) electrons. The Hall–Kier alpha value is -2.99. The van der Waals surface area contributed by atoms with Gasteiger partial charge in [0.25, 0.3) is 0 Å². The number of rotatable bonds is 4. The zero-order chi connectivity index (χ0) is 18.0. The molecule has 0 saturated carbocycles. The highest BCUT2D eigenvalue weighted by Crippen LogP contribution is 2.35. The average Bonchev–Trinajstić information content (AvgIpc) is 2.60. The molecule has 6 heteroatoms. The number of aliphatic hydroxyl groups is 1. The van der Waals surface area contributed by atoms with Crippen LogP contribution in [0.4, 0.5) is 9.18 Å². The maximum Gasteiger partial charge on any atom is 0.405 e. The summed E-state index contributed by atoms with van der Waals surface area (Å²) >= 11 is 0. The number of hydrogen-bond acceptors (Lipinski definition) is 3. The quantitative estimate of drug-likeness (QED) is 0.673. The van der Waals surface area contributed by atoms with Gasteiger partial charge >= 0.3 is 6.09 Å². The van der Waals surface area contributed by atoms with Gasteiger partial charge in [0.05, 0.1) is 23.9 Å². The Bertz CT molecular complexity index is 929. The monoisotopic (exact) mass is 340 g/mol. The molecule has 128 valence electrons. The molecule has 25 heavy (non-hydrogen) atoms. The van der Waals surface area contributed by atoms with Gasteiger partial charge in [-0.2, -0.15) is 0 Å². The highest BCUT2D eigenvalue weighted by Gasteiger charge is 2.21. The predicted molar refractivity (Wildman–Crippen MR) is 92.6 cm³/mol. The largest absolute Gasteiger partial charge is 0.465 e. The van der Waals surface area contributed by atoms with Gasteiger partial charge in [-0.3, -0.25) is 0 Å². The number of aliphatic hydroxyl groups excluding tert-OH is 1. The second-order valence-electron chi connectivity index (χ2n) is 5.71. The number of benzene rings is 2. The van der Waals surface area contributed by atoms with Crippen molar-refractivity contribution in [1.82, 2.24) is 10.3 Å². The van der Waals surface area contributed by atoms with E-state index in [9.17, 15) is 14.3 Å². The third kappa shape index (κ3) is 3.29. The van der Waals surface area contributed by atoms with E-state index >= 15 is 0 Å². The van der Waals surface area contributed by atoms with Crippen LogP contribution in [0.2, 0.25) is 0 Å². The van der Waals surface area contributed by atoms with E-state index in [1.165, 1.54) is 18.2 Å². The highest BCUT2D eigenvalue weighted by atomic mass is 19.1. The third-order valence-electron chi connectivity index (χ3n) is 4.05. The maximum absolute atomic E-state index is 13.7. The van der Waals surface area contributed by atoms with E-state index in [2.05, 4.69) is 10.3 Å². The van der Waals surface area contributed by atoms with Crippen LogP contribution < -0.4 is 5.32 Å². The van der Waals surface area contributed by atoms with Crippen LogP contribution in [0.15, 0.2) is 48.5 Å². The van der Waals surface area contributed by atoms with Gasteiger partial charge < -0.3 is 15.5 Å². The van der Waals surface area contributed by atoms with E-state index in [4.69, 9.17) is 5.11 Å². The van der Waals surface area contributed by atoms with Gasteiger partial charge in [-0.25, -0.2) is 14.2 Å². The Morgan fingerprint density at radius 3 is 2.60 bits per heavy atom. The molecule has 1 atom stereocenters. The van der Waals surface area contributed by atoms with E-state index < -0.39 is 18.0 Å². The summed E-state index contributed by atoms with van der Waals surface area (Å²) < 4.78 is 13.7. The smallest absolute Gasteiger partial charge is 0.405 e. The van der Waals surface area contributed by atoms with Crippen LogP contribution in [0.3, 0.4) is 0 Å². The van der Waals surface area contributed by atoms with E-state index in [0.717, 1.165) is 5.56 Å². The molecule has 0 bridgehead atoms. The van der Waals surface area contributed by atoms with E-state index in [-0.39, 0.29) is 6.61 Å². The number of nitrogens with zero attached hydrogens (tertiary/aromatic N) is 1. The Labute approximate surface area is 143 Å². The number of pyridine rings is 1. The van der Waals surface area contributed by atoms with E-state index in [1.54, 1.807) is 6.92 Å². The van der Waals surface area contributed by atoms with Gasteiger partial charge in [-0.05, 0) is 36.2 Å². The summed E-state index contributed by atoms with van der Waals surface area (Å²) in [5, 5.41) is 21.9. The summed E-state index contributed by atoms with van der Waals surface area (Å²) in [5.41, 5.74) is 2.89. The van der Waals surface area contributed by atoms with Crippen molar-refractivity contribution in [3.05, 3.63) is 65.6 Å². The van der Waals surface area contributed by atoms with Crippen LogP contribution in [0.25, 0.3) is 22.0 Å². The normalized spacial score (nSPS) is 12.1. The van der Waals surface area contributed by atoms with Crippen LogP contribution in [0.5, 0.6) is 0 Å². The van der Waals surface area contributed by atoms with Crippen LogP contribution >= 0.6 is 0 Å². The molecular weight excluding hydrogens is 323 g/mol. The molecular formula is C19H17FN2O3. The van der Waals surface area contributed by atoms with Crippen LogP contribution in [0.1, 0.15) is 24.2 Å². The second-order valence-corrected chi connectivity index (χ2v) is 5.71. The molecule has 0 aliphatic carbocycles. The van der Waals surface area contributed by atoms with Gasteiger partial charge in [0.2, 0.25) is 0 Å². The number of nitrogens with one attached hydrogen (secondary N) is 1. The lowest BCUT2D eigenvalue weighted by Crippen LogP contribution is -2.26. The van der Waals surface area contributed by atoms with Crippen LogP contribution in [-0.2, 0) is 6.61 Å². The topological polar surface area (TPSA) is 82.5 Å². The lowest BCUT2D eigenvalue weighted by molar-refractivity contribution is 0.190. The molecule has 0 aliphatic heterocycles. The van der Waals surface area contributed by atoms with Crippen molar-refractivity contribution in [2.24, 2.45) is 0 Å². The summed E-state index contributed by atoms with van der Waals surface area (Å²) in [5.74, 6) is -0.424. The summed E-state index contributed by atoms with van der Waals surface area (Å²) in [6.07, 6.45) is -1.17. The first-order valence-corrected chi connectivity index (χ1v) is 7.79. The van der Waals surface area contributed by atoms with Crippen molar-refractivity contribution in [3.63, 3.8) is 0 Å². The molecule has 1 heterocycles. The first-order chi connectivity index (χ1) is 12.0. The highest BCUT2D eigenvalue weighted by molar-refractivity contribution is 5.90. The maximum atomic E-state index is 13.7. The molecule has 3 rings (SSSR count). The number of amides is 1. The molecule has 0 spiro atoms. The molecule has 3 aromatic rings. The fraction of sp³-hybridized carbons (Fsp3) is 0.158. The molecule has 0 saturated heterocycles. The van der Waals surface area contributed by atoms with Gasteiger partial charge in [-0.1, -0.05) is 30.3 Å². The first kappa shape index (κ1) is 16.9. The minimum absolute atomic E-state index is 0.320. The van der Waals surface area contributed by atoms with Gasteiger partial charge in [0.1, 0.15) is 5.82 Å². The van der Waals surface area contributed by atoms with E-state index in [0.29, 0.717) is 27.7 Å². The van der Waals surface area contributed by atoms with Crippen molar-refractivity contribution < 1.29 is 19.4 Å². The van der Waals surface area contributed by atoms with Gasteiger partial charge in [-0.15, -0.1) is 0 Å². The summed E-state index contributed by atoms with van der Waals surface area (Å²) in [6, 6.07) is 12.8. The zero-order valence-electron chi connectivity index (χ0n) is 13.5. The van der Waals surface area contributed by atoms with Crippen molar-refractivity contribution in [1.29, 1.82) is 0 Å². The van der Waals surface area contributed by atoms with Crippen LogP contribution in [0, 0.1) is 5.82 Å². The van der Waals surface area contributed by atoms with Gasteiger partial charge in [0.15, 0.2) is 0 Å². The Morgan fingerprint density at radius 2 is 1.96 bits per heavy atom. The number of aromatic nitrogens is 1. The first-order valence-electron chi connectivity index (χ1n) is 7.79. The number of halogens is 1. The second kappa shape index (κ2) is 6.86. The lowest BCUT2D eigenvalue weighted by Gasteiger charge is -2.20. The van der Waals surface area contributed by atoms with Crippen molar-refractivity contribution in [2.75, 3.05) is 0 Å². The molecule has 1 aromatic heterocycles. The zero-order valence-corrected chi connectivity index (χ0v) is 13.5. The molecule has 1 unspecified atom stereocenters. The summed E-state index contributed by atoms with van der Waals surface area (Å²) in [4.78, 5) is 15.6. The summed E-state index contributed by atoms with van der Waals surface area (Å²) in [7, 11) is 0. The molecule has 3 N–H and O–H groups in total. The SMILES string of the molecule is CC(NC(=O)O)c1nc2ccc(F)cc2c(CO)c1-c1ccccc1. The summed E-state index contributed by atoms with van der Waals surface area (Å²) in [6.45, 7) is 1.36. The Balaban J connectivity index is 2.36. The van der Waals surface area contributed by atoms with Crippen molar-refractivity contribution >= 4 is 17.0 Å². The number of fused-ring (bicyclic) bond motifs is 1. The third-order valence-corrected chi connectivity index (χ3v) is 4.05. The number of hydrogen-bond donors (Lipinski definition) is 3. The average molecular weight is 340 g/mol. The number of carboxylic acid groups (broad SMARTS) is 1. The number of carbonyl (C=O) groups is 1. The van der Waals surface area contributed by atoms with Crippen LogP contribution in [-0.4, -0.2) is 21.3 Å². The molecule has 2 aromatic carbocycles. The molecule has 0 fully saturated rings. The predicted octanol–water partition coefficient (Wildman–Crippen LogP) is 3.86. The minimum atomic E-state index is -1.17. The fourth-order valence-corrected chi connectivity index (χ4v) is 2.98. The standard InChI is InChI=1S/C19H17FN2O3/c1-11(21-19(24)25)18-17(12-5-3-2-4-6-12)15(10-23)14-9-13(20)7-8-16(14)22-18/h2-9,11,21,23H,10H2,1H3,(H,24,25). The fourth-order valence-electron chi connectivity index (χ4n) is 2.98. The minimum Gasteiger partial charge on any atom is -0.465 e. The Morgan fingerprint density at radius 1 is 1.24 bits per heavy atom. The molecule has 5 nitrogen and oxygen atoms in total. The Kier molecular flexibility index (Phi) is 4.63. The lowest BCUT2D eigenvalue weighted by atomic mass is 9.92. The molecule has 1 amide bonds. The van der Waals surface area contributed by atoms with Crippen molar-refractivity contribution in [3.8, 4) is 11.1 Å². The molecule has 0 aliphatic rings. The van der Waals surface area contributed by atoms with Gasteiger partial charge in [0, 0.05) is 10.9 Å². The van der Waals surface area contributed by atoms with Crippen molar-refractivity contribution in [2.45, 2.75) is 19.6 Å².